The normalized spacial score (nSPS) is 10.9. The van der Waals surface area contributed by atoms with Gasteiger partial charge in [0.1, 0.15) is 0 Å². The molecule has 18 heavy (non-hydrogen) atoms. The average molecular weight is 263 g/mol. The molecule has 1 aromatic carbocycles. The Kier molecular flexibility index (Phi) is 6.70. The van der Waals surface area contributed by atoms with Gasteiger partial charge < -0.3 is 14.8 Å². The van der Waals surface area contributed by atoms with Crippen LogP contribution in [0.2, 0.25) is 0 Å². The van der Waals surface area contributed by atoms with E-state index in [2.05, 4.69) is 5.32 Å². The van der Waals surface area contributed by atoms with E-state index in [4.69, 9.17) is 9.47 Å². The Bertz CT molecular complexity index is 351. The van der Waals surface area contributed by atoms with Crippen molar-refractivity contribution in [2.75, 3.05) is 33.5 Å². The summed E-state index contributed by atoms with van der Waals surface area (Å²) in [6.07, 6.45) is 0. The summed E-state index contributed by atoms with van der Waals surface area (Å²) in [5.41, 5.74) is 0.350. The van der Waals surface area contributed by atoms with E-state index in [9.17, 15) is 13.2 Å². The number of nitrogens with one attached hydrogen (secondary N) is 1. The van der Waals surface area contributed by atoms with E-state index in [1.165, 1.54) is 0 Å². The Morgan fingerprint density at radius 1 is 1.06 bits per heavy atom. The summed E-state index contributed by atoms with van der Waals surface area (Å²) in [5.74, 6) is -3.80. The molecule has 0 saturated carbocycles. The van der Waals surface area contributed by atoms with Crippen LogP contribution in [0.5, 0.6) is 0 Å². The lowest BCUT2D eigenvalue weighted by atomic mass is 10.2. The minimum absolute atomic E-state index is 0.252. The maximum atomic E-state index is 12.9. The quantitative estimate of drug-likeness (QED) is 0.573. The number of rotatable bonds is 8. The van der Waals surface area contributed by atoms with Crippen LogP contribution in [0.25, 0.3) is 0 Å². The van der Waals surface area contributed by atoms with Crippen molar-refractivity contribution in [2.24, 2.45) is 0 Å². The first-order valence-electron chi connectivity index (χ1n) is 5.56. The molecule has 0 saturated heterocycles. The zero-order chi connectivity index (χ0) is 13.4. The first-order chi connectivity index (χ1) is 8.65. The number of hydrogen-bond acceptors (Lipinski definition) is 3. The fourth-order valence-electron chi connectivity index (χ4n) is 1.33. The van der Waals surface area contributed by atoms with Gasteiger partial charge in [-0.2, -0.15) is 0 Å². The van der Waals surface area contributed by atoms with Crippen LogP contribution in [0.15, 0.2) is 12.1 Å². The molecule has 0 atom stereocenters. The number of hydrogen-bond donors (Lipinski definition) is 1. The lowest BCUT2D eigenvalue weighted by Gasteiger charge is -2.07. The van der Waals surface area contributed by atoms with Crippen LogP contribution in [0, 0.1) is 17.5 Å². The summed E-state index contributed by atoms with van der Waals surface area (Å²) in [6, 6.07) is 1.94. The summed E-state index contributed by atoms with van der Waals surface area (Å²) in [6.45, 7) is 2.27. The van der Waals surface area contributed by atoms with Gasteiger partial charge in [-0.05, 0) is 17.7 Å². The van der Waals surface area contributed by atoms with Crippen molar-refractivity contribution in [3.63, 3.8) is 0 Å². The van der Waals surface area contributed by atoms with E-state index in [1.54, 1.807) is 7.11 Å². The molecule has 0 bridgehead atoms. The molecular formula is C12H16F3NO2. The highest BCUT2D eigenvalue weighted by Gasteiger charge is 2.09. The third kappa shape index (κ3) is 5.03. The molecule has 1 rings (SSSR count). The molecule has 0 fully saturated rings. The van der Waals surface area contributed by atoms with Crippen LogP contribution in [0.1, 0.15) is 5.56 Å². The van der Waals surface area contributed by atoms with Gasteiger partial charge in [0.05, 0.1) is 19.8 Å². The first kappa shape index (κ1) is 14.9. The highest BCUT2D eigenvalue weighted by molar-refractivity contribution is 5.19. The summed E-state index contributed by atoms with van der Waals surface area (Å²) >= 11 is 0. The Morgan fingerprint density at radius 3 is 2.33 bits per heavy atom. The van der Waals surface area contributed by atoms with Gasteiger partial charge in [0.2, 0.25) is 0 Å². The molecule has 0 aliphatic rings. The van der Waals surface area contributed by atoms with Crippen molar-refractivity contribution in [2.45, 2.75) is 6.54 Å². The number of ether oxygens (including phenoxy) is 2. The molecule has 0 unspecified atom stereocenters. The van der Waals surface area contributed by atoms with Gasteiger partial charge in [-0.3, -0.25) is 0 Å². The molecule has 0 aromatic heterocycles. The van der Waals surface area contributed by atoms with Gasteiger partial charge in [-0.1, -0.05) is 0 Å². The van der Waals surface area contributed by atoms with Crippen LogP contribution in [-0.2, 0) is 16.0 Å². The maximum Gasteiger partial charge on any atom is 0.194 e. The Morgan fingerprint density at radius 2 is 1.72 bits per heavy atom. The van der Waals surface area contributed by atoms with E-state index in [0.717, 1.165) is 12.1 Å². The predicted octanol–water partition coefficient (Wildman–Crippen LogP) is 1.86. The van der Waals surface area contributed by atoms with Crippen LogP contribution >= 0.6 is 0 Å². The van der Waals surface area contributed by atoms with Crippen molar-refractivity contribution in [3.05, 3.63) is 35.1 Å². The third-order valence-electron chi connectivity index (χ3n) is 2.23. The smallest absolute Gasteiger partial charge is 0.194 e. The molecule has 6 heteroatoms. The van der Waals surface area contributed by atoms with Gasteiger partial charge in [0.15, 0.2) is 17.5 Å². The molecule has 0 aliphatic carbocycles. The van der Waals surface area contributed by atoms with Crippen molar-refractivity contribution >= 4 is 0 Å². The second-order valence-corrected chi connectivity index (χ2v) is 3.66. The maximum absolute atomic E-state index is 12.9. The zero-order valence-corrected chi connectivity index (χ0v) is 10.1. The number of halogens is 3. The molecule has 102 valence electrons. The van der Waals surface area contributed by atoms with E-state index >= 15 is 0 Å². The number of methoxy groups -OCH3 is 1. The van der Waals surface area contributed by atoms with Crippen LogP contribution in [0.4, 0.5) is 13.2 Å². The molecule has 0 radical (unpaired) electrons. The fourth-order valence-corrected chi connectivity index (χ4v) is 1.33. The second-order valence-electron chi connectivity index (χ2n) is 3.66. The number of benzene rings is 1. The Hall–Kier alpha value is -1.11. The van der Waals surface area contributed by atoms with E-state index in [1.807, 2.05) is 0 Å². The standard InChI is InChI=1S/C12H16F3NO2/c1-17-4-5-18-3-2-16-8-9-6-10(13)12(15)11(14)7-9/h6-7,16H,2-5,8H2,1H3. The highest BCUT2D eigenvalue weighted by Crippen LogP contribution is 2.13. The second kappa shape index (κ2) is 8.07. The monoisotopic (exact) mass is 263 g/mol. The fraction of sp³-hybridized carbons (Fsp3) is 0.500. The molecule has 0 spiro atoms. The zero-order valence-electron chi connectivity index (χ0n) is 10.1. The molecule has 0 aliphatic heterocycles. The minimum Gasteiger partial charge on any atom is -0.382 e. The highest BCUT2D eigenvalue weighted by atomic mass is 19.2. The molecule has 1 aromatic rings. The van der Waals surface area contributed by atoms with Crippen molar-refractivity contribution in [1.82, 2.24) is 5.32 Å². The summed E-state index contributed by atoms with van der Waals surface area (Å²) in [4.78, 5) is 0. The Balaban J connectivity index is 2.23. The minimum atomic E-state index is -1.44. The lowest BCUT2D eigenvalue weighted by Crippen LogP contribution is -2.20. The Labute approximate surface area is 104 Å². The first-order valence-corrected chi connectivity index (χ1v) is 5.56. The molecule has 3 nitrogen and oxygen atoms in total. The SMILES string of the molecule is COCCOCCNCc1cc(F)c(F)c(F)c1. The van der Waals surface area contributed by atoms with Crippen LogP contribution in [-0.4, -0.2) is 33.5 Å². The van der Waals surface area contributed by atoms with Gasteiger partial charge in [0, 0.05) is 20.2 Å². The van der Waals surface area contributed by atoms with Gasteiger partial charge >= 0.3 is 0 Å². The lowest BCUT2D eigenvalue weighted by molar-refractivity contribution is 0.0719. The topological polar surface area (TPSA) is 30.5 Å². The van der Waals surface area contributed by atoms with E-state index in [-0.39, 0.29) is 6.54 Å². The molecule has 1 N–H and O–H groups in total. The van der Waals surface area contributed by atoms with E-state index < -0.39 is 17.5 Å². The van der Waals surface area contributed by atoms with Crippen molar-refractivity contribution < 1.29 is 22.6 Å². The van der Waals surface area contributed by atoms with Gasteiger partial charge in [0.25, 0.3) is 0 Å². The van der Waals surface area contributed by atoms with Crippen molar-refractivity contribution in [1.29, 1.82) is 0 Å². The predicted molar refractivity (Wildman–Crippen MR) is 60.7 cm³/mol. The summed E-state index contributed by atoms with van der Waals surface area (Å²) < 4.78 is 48.4. The summed E-state index contributed by atoms with van der Waals surface area (Å²) in [5, 5.41) is 2.93. The molecule has 0 amide bonds. The summed E-state index contributed by atoms with van der Waals surface area (Å²) in [7, 11) is 1.58. The van der Waals surface area contributed by atoms with Gasteiger partial charge in [-0.25, -0.2) is 13.2 Å². The molecule has 0 heterocycles. The van der Waals surface area contributed by atoms with Crippen LogP contribution in [0.3, 0.4) is 0 Å². The average Bonchev–Trinajstić information content (AvgIpc) is 2.34. The van der Waals surface area contributed by atoms with Crippen LogP contribution < -0.4 is 5.32 Å². The largest absolute Gasteiger partial charge is 0.382 e. The molecular weight excluding hydrogens is 247 g/mol. The third-order valence-corrected chi connectivity index (χ3v) is 2.23. The van der Waals surface area contributed by atoms with Gasteiger partial charge in [-0.15, -0.1) is 0 Å². The van der Waals surface area contributed by atoms with E-state index in [0.29, 0.717) is 31.9 Å². The van der Waals surface area contributed by atoms with Crippen molar-refractivity contribution in [3.8, 4) is 0 Å².